The third-order valence-corrected chi connectivity index (χ3v) is 4.89. The summed E-state index contributed by atoms with van der Waals surface area (Å²) < 4.78 is 24.8. The molecular weight excluding hydrogens is 365 g/mol. The van der Waals surface area contributed by atoms with E-state index in [9.17, 15) is 24.2 Å². The van der Waals surface area contributed by atoms with Gasteiger partial charge in [-0.2, -0.15) is 0 Å². The van der Waals surface area contributed by atoms with Crippen LogP contribution in [0.25, 0.3) is 0 Å². The van der Waals surface area contributed by atoms with Gasteiger partial charge in [-0.3, -0.25) is 10.6 Å². The molecule has 0 bridgehead atoms. The van der Waals surface area contributed by atoms with Crippen molar-refractivity contribution in [1.29, 1.82) is 0 Å². The maximum Gasteiger partial charge on any atom is 0.354 e. The number of carbonyl (C=O) groups is 2. The summed E-state index contributed by atoms with van der Waals surface area (Å²) in [6.45, 7) is 3.26. The molecule has 11 heteroatoms. The molecule has 2 rings (SSSR count). The van der Waals surface area contributed by atoms with Crippen molar-refractivity contribution < 1.29 is 38.8 Å². The smallest absolute Gasteiger partial charge is 0.354 e. The van der Waals surface area contributed by atoms with Gasteiger partial charge in [0, 0.05) is 6.20 Å². The second kappa shape index (κ2) is 8.48. The molecule has 2 aliphatic heterocycles. The normalized spacial score (nSPS) is 33.9. The highest BCUT2D eigenvalue weighted by Crippen LogP contribution is 2.29. The number of aliphatic hydroxyl groups is 3. The monoisotopic (exact) mass is 391 g/mol. The van der Waals surface area contributed by atoms with Crippen LogP contribution in [0.5, 0.6) is 0 Å². The van der Waals surface area contributed by atoms with Crippen molar-refractivity contribution in [2.75, 3.05) is 13.2 Å². The Bertz CT molecular complexity index is 601. The molecule has 0 saturated carbocycles. The van der Waals surface area contributed by atoms with E-state index in [2.05, 4.69) is 0 Å². The van der Waals surface area contributed by atoms with Crippen molar-refractivity contribution in [3.05, 3.63) is 12.0 Å². The van der Waals surface area contributed by atoms with Crippen LogP contribution < -0.4 is 11.1 Å². The van der Waals surface area contributed by atoms with Crippen LogP contribution in [0.4, 0.5) is 9.18 Å². The first kappa shape index (κ1) is 21.5. The zero-order valence-corrected chi connectivity index (χ0v) is 15.2. The van der Waals surface area contributed by atoms with Gasteiger partial charge in [0.25, 0.3) is 0 Å². The van der Waals surface area contributed by atoms with E-state index in [0.29, 0.717) is 11.1 Å². The molecular formula is C16H26FN3O7. The molecule has 6 N–H and O–H groups in total. The molecule has 154 valence electrons. The van der Waals surface area contributed by atoms with E-state index in [0.717, 1.165) is 12.8 Å². The van der Waals surface area contributed by atoms with Gasteiger partial charge >= 0.3 is 12.0 Å². The summed E-state index contributed by atoms with van der Waals surface area (Å²) >= 11 is 0. The molecule has 0 spiro atoms. The molecule has 2 heterocycles. The van der Waals surface area contributed by atoms with Gasteiger partial charge in [-0.25, -0.2) is 14.0 Å². The van der Waals surface area contributed by atoms with Crippen molar-refractivity contribution in [3.63, 3.8) is 0 Å². The number of nitrogens with one attached hydrogen (secondary N) is 1. The fourth-order valence-electron chi connectivity index (χ4n) is 2.85. The first-order valence-electron chi connectivity index (χ1n) is 8.76. The summed E-state index contributed by atoms with van der Waals surface area (Å²) in [5.74, 6) is -2.30. The summed E-state index contributed by atoms with van der Waals surface area (Å²) in [7, 11) is 0. The molecule has 0 aromatic carbocycles. The Morgan fingerprint density at radius 1 is 1.44 bits per heavy atom. The SMILES string of the molecule is CCC(CC)COC(=O)C1(N)NC(=O)N([C@@H]2O[C@H](CO)[C@@H](O)[C@H]2O)C=C1F. The number of nitrogens with two attached hydrogens (primary N) is 1. The lowest BCUT2D eigenvalue weighted by Gasteiger charge is -2.37. The number of urea groups is 1. The Labute approximate surface area is 155 Å². The zero-order valence-electron chi connectivity index (χ0n) is 15.2. The lowest BCUT2D eigenvalue weighted by Crippen LogP contribution is -2.68. The Morgan fingerprint density at radius 3 is 2.59 bits per heavy atom. The number of esters is 1. The average molecular weight is 391 g/mol. The molecule has 1 saturated heterocycles. The predicted molar refractivity (Wildman–Crippen MR) is 89.3 cm³/mol. The zero-order chi connectivity index (χ0) is 20.4. The number of halogens is 1. The average Bonchev–Trinajstić information content (AvgIpc) is 2.93. The van der Waals surface area contributed by atoms with Gasteiger partial charge in [0.1, 0.15) is 18.3 Å². The molecule has 2 aliphatic rings. The van der Waals surface area contributed by atoms with Crippen molar-refractivity contribution in [1.82, 2.24) is 10.2 Å². The third-order valence-electron chi connectivity index (χ3n) is 4.89. The van der Waals surface area contributed by atoms with Crippen LogP contribution in [-0.4, -0.2) is 75.6 Å². The highest BCUT2D eigenvalue weighted by atomic mass is 19.1. The van der Waals surface area contributed by atoms with E-state index < -0.39 is 54.6 Å². The van der Waals surface area contributed by atoms with Gasteiger partial charge < -0.3 is 30.1 Å². The number of hydrogen-bond acceptors (Lipinski definition) is 8. The van der Waals surface area contributed by atoms with Crippen molar-refractivity contribution in [2.45, 2.75) is 56.9 Å². The fraction of sp³-hybridized carbons (Fsp3) is 0.750. The predicted octanol–water partition coefficient (Wildman–Crippen LogP) is -1.10. The molecule has 0 aromatic heterocycles. The van der Waals surface area contributed by atoms with Crippen molar-refractivity contribution >= 4 is 12.0 Å². The summed E-state index contributed by atoms with van der Waals surface area (Å²) in [6, 6.07) is -1.03. The summed E-state index contributed by atoms with van der Waals surface area (Å²) in [6.07, 6.45) is -3.56. The molecule has 0 radical (unpaired) electrons. The van der Waals surface area contributed by atoms with Crippen LogP contribution in [0.2, 0.25) is 0 Å². The van der Waals surface area contributed by atoms with Crippen LogP contribution in [-0.2, 0) is 14.3 Å². The molecule has 10 nitrogen and oxygen atoms in total. The lowest BCUT2D eigenvalue weighted by molar-refractivity contribution is -0.152. The Morgan fingerprint density at radius 2 is 2.07 bits per heavy atom. The molecule has 1 fully saturated rings. The van der Waals surface area contributed by atoms with E-state index in [-0.39, 0.29) is 12.5 Å². The number of amides is 2. The van der Waals surface area contributed by atoms with Gasteiger partial charge in [0.2, 0.25) is 5.66 Å². The van der Waals surface area contributed by atoms with Crippen LogP contribution >= 0.6 is 0 Å². The minimum absolute atomic E-state index is 0.0342. The first-order chi connectivity index (χ1) is 12.7. The van der Waals surface area contributed by atoms with E-state index in [1.807, 2.05) is 19.2 Å². The molecule has 5 atom stereocenters. The fourth-order valence-corrected chi connectivity index (χ4v) is 2.85. The second-order valence-corrected chi connectivity index (χ2v) is 6.63. The molecule has 2 amide bonds. The number of nitrogens with zero attached hydrogens (tertiary/aromatic N) is 1. The van der Waals surface area contributed by atoms with Crippen LogP contribution in [0, 0.1) is 5.92 Å². The maximum absolute atomic E-state index is 14.6. The van der Waals surface area contributed by atoms with Gasteiger partial charge in [-0.1, -0.05) is 26.7 Å². The summed E-state index contributed by atoms with van der Waals surface area (Å²) in [4.78, 5) is 25.2. The molecule has 1 unspecified atom stereocenters. The van der Waals surface area contributed by atoms with Crippen molar-refractivity contribution in [3.8, 4) is 0 Å². The number of aliphatic hydroxyl groups excluding tert-OH is 3. The third kappa shape index (κ3) is 4.06. The first-order valence-corrected chi connectivity index (χ1v) is 8.76. The standard InChI is InChI=1S/C16H26FN3O7/c1-3-8(4-2)7-26-14(24)16(18)10(17)5-20(15(25)19-16)13-12(23)11(22)9(6-21)27-13/h5,8-9,11-13,21-23H,3-4,6-7,18H2,1-2H3,(H,19,25)/t9-,11-,12-,13-,16?/m1/s1. The Balaban J connectivity index is 2.15. The maximum atomic E-state index is 14.6. The highest BCUT2D eigenvalue weighted by molar-refractivity contribution is 5.91. The van der Waals surface area contributed by atoms with Gasteiger partial charge in [-0.05, 0) is 5.92 Å². The van der Waals surface area contributed by atoms with Gasteiger partial charge in [-0.15, -0.1) is 0 Å². The quantitative estimate of drug-likeness (QED) is 0.343. The molecule has 0 aromatic rings. The highest BCUT2D eigenvalue weighted by Gasteiger charge is 2.52. The lowest BCUT2D eigenvalue weighted by atomic mass is 10.0. The Kier molecular flexibility index (Phi) is 6.76. The van der Waals surface area contributed by atoms with Crippen LogP contribution in [0.3, 0.4) is 0 Å². The number of rotatable bonds is 7. The minimum Gasteiger partial charge on any atom is -0.462 e. The van der Waals surface area contributed by atoms with Crippen molar-refractivity contribution in [2.24, 2.45) is 11.7 Å². The van der Waals surface area contributed by atoms with E-state index in [1.54, 1.807) is 0 Å². The van der Waals surface area contributed by atoms with E-state index in [4.69, 9.17) is 20.3 Å². The summed E-state index contributed by atoms with van der Waals surface area (Å²) in [5.41, 5.74) is 3.21. The minimum atomic E-state index is -2.50. The molecule has 0 aliphatic carbocycles. The van der Waals surface area contributed by atoms with Crippen LogP contribution in [0.1, 0.15) is 26.7 Å². The number of carbonyl (C=O) groups excluding carboxylic acids is 2. The topological polar surface area (TPSA) is 155 Å². The van der Waals surface area contributed by atoms with Crippen LogP contribution in [0.15, 0.2) is 12.0 Å². The van der Waals surface area contributed by atoms with E-state index >= 15 is 0 Å². The summed E-state index contributed by atoms with van der Waals surface area (Å²) in [5, 5.41) is 30.8. The number of ether oxygens (including phenoxy) is 2. The Hall–Kier alpha value is -1.79. The van der Waals surface area contributed by atoms with Gasteiger partial charge in [0.05, 0.1) is 13.2 Å². The number of hydrogen-bond donors (Lipinski definition) is 5. The van der Waals surface area contributed by atoms with Gasteiger partial charge in [0.15, 0.2) is 12.1 Å². The van der Waals surface area contributed by atoms with E-state index in [1.165, 1.54) is 0 Å². The molecule has 27 heavy (non-hydrogen) atoms. The largest absolute Gasteiger partial charge is 0.462 e. The second-order valence-electron chi connectivity index (χ2n) is 6.63.